The second kappa shape index (κ2) is 10.7. The summed E-state index contributed by atoms with van der Waals surface area (Å²) in [5, 5.41) is 0. The largest absolute Gasteiger partial charge is 0.459 e. The van der Waals surface area contributed by atoms with Gasteiger partial charge in [-0.1, -0.05) is 55.8 Å². The van der Waals surface area contributed by atoms with Gasteiger partial charge in [-0.3, -0.25) is 14.6 Å². The molecule has 1 aromatic heterocycles. The number of nitrogens with zero attached hydrogens (tertiary/aromatic N) is 3. The summed E-state index contributed by atoms with van der Waals surface area (Å²) in [6, 6.07) is 14.4. The lowest BCUT2D eigenvalue weighted by molar-refractivity contribution is -0.0110. The van der Waals surface area contributed by atoms with Crippen molar-refractivity contribution in [2.45, 2.75) is 39.5 Å². The number of piperazine rings is 1. The van der Waals surface area contributed by atoms with Crippen molar-refractivity contribution < 1.29 is 9.21 Å². The molecule has 1 aromatic carbocycles. The minimum atomic E-state index is 0.0165. The van der Waals surface area contributed by atoms with Crippen LogP contribution in [0.2, 0.25) is 0 Å². The predicted molar refractivity (Wildman–Crippen MR) is 140 cm³/mol. The monoisotopic (exact) mass is 475 g/mol. The number of carbonyl (C=O) groups excluding carboxylic acids is 1. The Hall–Kier alpha value is -2.37. The standard InChI is InChI=1S/C30H41N3O2/c1-30(2)26-13-12-25(27(30)22-26)23-32(14-6-10-24-8-4-3-5-9-24)16-15-31-17-19-33(20-18-31)29(34)28-11-7-21-35-28/h3-5,7-9,11-12,21,26-27H,6,10,13-20,22-23H2,1-2H3. The van der Waals surface area contributed by atoms with Crippen molar-refractivity contribution in [2.75, 3.05) is 52.4 Å². The van der Waals surface area contributed by atoms with E-state index in [0.717, 1.165) is 70.6 Å². The zero-order valence-corrected chi connectivity index (χ0v) is 21.5. The third-order valence-electron chi connectivity index (χ3n) is 8.90. The molecule has 5 nitrogen and oxygen atoms in total. The number of aryl methyl sites for hydroxylation is 1. The molecule has 6 rings (SSSR count). The Morgan fingerprint density at radius 3 is 2.54 bits per heavy atom. The van der Waals surface area contributed by atoms with Gasteiger partial charge in [-0.25, -0.2) is 0 Å². The van der Waals surface area contributed by atoms with Gasteiger partial charge in [-0.2, -0.15) is 0 Å². The first-order valence-electron chi connectivity index (χ1n) is 13.5. The molecule has 3 aliphatic carbocycles. The van der Waals surface area contributed by atoms with Crippen molar-refractivity contribution in [3.05, 3.63) is 71.7 Å². The predicted octanol–water partition coefficient (Wildman–Crippen LogP) is 4.96. The number of fused-ring (bicyclic) bond motifs is 1. The minimum absolute atomic E-state index is 0.0165. The molecule has 188 valence electrons. The van der Waals surface area contributed by atoms with E-state index in [-0.39, 0.29) is 5.91 Å². The molecular weight excluding hydrogens is 434 g/mol. The number of allylic oxidation sites excluding steroid dienone is 1. The van der Waals surface area contributed by atoms with E-state index in [0.29, 0.717) is 11.2 Å². The van der Waals surface area contributed by atoms with Gasteiger partial charge in [0.2, 0.25) is 0 Å². The highest BCUT2D eigenvalue weighted by Gasteiger charge is 2.51. The van der Waals surface area contributed by atoms with E-state index in [2.05, 4.69) is 60.1 Å². The van der Waals surface area contributed by atoms with E-state index in [4.69, 9.17) is 4.42 Å². The van der Waals surface area contributed by atoms with Crippen LogP contribution in [0.5, 0.6) is 0 Å². The summed E-state index contributed by atoms with van der Waals surface area (Å²) in [6.07, 6.45) is 9.13. The lowest BCUT2D eigenvalue weighted by atomic mass is 9.49. The van der Waals surface area contributed by atoms with Gasteiger partial charge >= 0.3 is 0 Å². The third-order valence-corrected chi connectivity index (χ3v) is 8.90. The fourth-order valence-electron chi connectivity index (χ4n) is 6.35. The number of carbonyl (C=O) groups is 1. The van der Waals surface area contributed by atoms with E-state index in [1.54, 1.807) is 24.0 Å². The molecular formula is C30H41N3O2. The van der Waals surface area contributed by atoms with Crippen LogP contribution in [-0.4, -0.2) is 73.0 Å². The van der Waals surface area contributed by atoms with Crippen molar-refractivity contribution in [1.29, 1.82) is 0 Å². The maximum absolute atomic E-state index is 12.6. The second-order valence-corrected chi connectivity index (χ2v) is 11.3. The molecule has 2 heterocycles. The summed E-state index contributed by atoms with van der Waals surface area (Å²) in [6.45, 7) is 12.8. The molecule has 2 bridgehead atoms. The first-order valence-corrected chi connectivity index (χ1v) is 13.5. The smallest absolute Gasteiger partial charge is 0.289 e. The average molecular weight is 476 g/mol. The number of amides is 1. The summed E-state index contributed by atoms with van der Waals surface area (Å²) in [5.74, 6) is 2.13. The highest BCUT2D eigenvalue weighted by Crippen LogP contribution is 2.59. The Kier molecular flexibility index (Phi) is 7.45. The Labute approximate surface area is 210 Å². The summed E-state index contributed by atoms with van der Waals surface area (Å²) in [4.78, 5) is 19.7. The highest BCUT2D eigenvalue weighted by atomic mass is 16.3. The van der Waals surface area contributed by atoms with Gasteiger partial charge in [-0.15, -0.1) is 0 Å². The lowest BCUT2D eigenvalue weighted by Crippen LogP contribution is -2.51. The minimum Gasteiger partial charge on any atom is -0.459 e. The molecule has 1 aliphatic heterocycles. The van der Waals surface area contributed by atoms with Crippen LogP contribution in [-0.2, 0) is 6.42 Å². The summed E-state index contributed by atoms with van der Waals surface area (Å²) in [5.41, 5.74) is 3.60. The maximum atomic E-state index is 12.6. The van der Waals surface area contributed by atoms with Crippen LogP contribution in [0.1, 0.15) is 49.2 Å². The highest BCUT2D eigenvalue weighted by molar-refractivity contribution is 5.91. The summed E-state index contributed by atoms with van der Waals surface area (Å²) < 4.78 is 5.31. The van der Waals surface area contributed by atoms with Gasteiger partial charge < -0.3 is 9.32 Å². The molecule has 2 fully saturated rings. The van der Waals surface area contributed by atoms with Crippen molar-refractivity contribution in [2.24, 2.45) is 17.3 Å². The van der Waals surface area contributed by atoms with Crippen LogP contribution in [0.3, 0.4) is 0 Å². The normalized spacial score (nSPS) is 23.7. The first kappa shape index (κ1) is 24.3. The van der Waals surface area contributed by atoms with E-state index < -0.39 is 0 Å². The van der Waals surface area contributed by atoms with E-state index >= 15 is 0 Å². The van der Waals surface area contributed by atoms with E-state index in [9.17, 15) is 4.79 Å². The number of hydrogen-bond acceptors (Lipinski definition) is 4. The van der Waals surface area contributed by atoms with Gasteiger partial charge in [0.15, 0.2) is 5.76 Å². The van der Waals surface area contributed by atoms with Crippen LogP contribution in [0.15, 0.2) is 64.8 Å². The Bertz CT molecular complexity index is 990. The number of furan rings is 1. The Morgan fingerprint density at radius 2 is 1.86 bits per heavy atom. The summed E-state index contributed by atoms with van der Waals surface area (Å²) in [7, 11) is 0. The van der Waals surface area contributed by atoms with Gasteiger partial charge in [-0.05, 0) is 67.2 Å². The third kappa shape index (κ3) is 5.57. The molecule has 2 aromatic rings. The molecule has 0 spiro atoms. The average Bonchev–Trinajstić information content (AvgIpc) is 3.43. The number of hydrogen-bond donors (Lipinski definition) is 0. The zero-order chi connectivity index (χ0) is 24.3. The second-order valence-electron chi connectivity index (χ2n) is 11.3. The molecule has 4 aliphatic rings. The molecule has 0 N–H and O–H groups in total. The quantitative estimate of drug-likeness (QED) is 0.455. The molecule has 5 heteroatoms. The van der Waals surface area contributed by atoms with Crippen LogP contribution in [0.4, 0.5) is 0 Å². The summed E-state index contributed by atoms with van der Waals surface area (Å²) >= 11 is 0. The molecule has 1 amide bonds. The molecule has 1 saturated heterocycles. The molecule has 0 radical (unpaired) electrons. The van der Waals surface area contributed by atoms with Gasteiger partial charge in [0.25, 0.3) is 5.91 Å². The molecule has 2 atom stereocenters. The fraction of sp³-hybridized carbons (Fsp3) is 0.567. The van der Waals surface area contributed by atoms with Crippen molar-refractivity contribution in [1.82, 2.24) is 14.7 Å². The fourth-order valence-corrected chi connectivity index (χ4v) is 6.35. The van der Waals surface area contributed by atoms with Crippen molar-refractivity contribution in [3.8, 4) is 0 Å². The van der Waals surface area contributed by atoms with Crippen LogP contribution in [0, 0.1) is 17.3 Å². The zero-order valence-electron chi connectivity index (χ0n) is 21.5. The van der Waals surface area contributed by atoms with Gasteiger partial charge in [0, 0.05) is 45.8 Å². The number of benzene rings is 1. The van der Waals surface area contributed by atoms with Gasteiger partial charge in [0.1, 0.15) is 0 Å². The maximum Gasteiger partial charge on any atom is 0.289 e. The molecule has 35 heavy (non-hydrogen) atoms. The van der Waals surface area contributed by atoms with Crippen LogP contribution in [0.25, 0.3) is 0 Å². The van der Waals surface area contributed by atoms with E-state index in [1.165, 1.54) is 24.8 Å². The van der Waals surface area contributed by atoms with Crippen molar-refractivity contribution >= 4 is 5.91 Å². The molecule has 2 unspecified atom stereocenters. The van der Waals surface area contributed by atoms with Crippen LogP contribution >= 0.6 is 0 Å². The number of rotatable bonds is 10. The Balaban J connectivity index is 1.14. The SMILES string of the molecule is CC1(C)C2CC=C(CN(CCCc3ccccc3)CCN3CCN(C(=O)c4ccco4)CC3)C1C2. The first-order chi connectivity index (χ1) is 17.0. The van der Waals surface area contributed by atoms with Crippen LogP contribution < -0.4 is 0 Å². The Morgan fingerprint density at radius 1 is 1.06 bits per heavy atom. The van der Waals surface area contributed by atoms with Gasteiger partial charge in [0.05, 0.1) is 6.26 Å². The van der Waals surface area contributed by atoms with Crippen molar-refractivity contribution in [3.63, 3.8) is 0 Å². The van der Waals surface area contributed by atoms with E-state index in [1.807, 2.05) is 4.90 Å². The molecule has 1 saturated carbocycles. The topological polar surface area (TPSA) is 39.9 Å². The lowest BCUT2D eigenvalue weighted by Gasteiger charge is -2.57.